The minimum absolute atomic E-state index is 0. The normalized spacial score (nSPS) is 6.00. The highest BCUT2D eigenvalue weighted by atomic mass is 19.1. The summed E-state index contributed by atoms with van der Waals surface area (Å²) in [5.74, 6) is 0. The quantitative estimate of drug-likeness (QED) is 0.454. The first-order valence-electron chi connectivity index (χ1n) is 0.964. The van der Waals surface area contributed by atoms with Gasteiger partial charge in [0.15, 0.2) is 6.86 Å². The fourth-order valence-electron chi connectivity index (χ4n) is 0. The minimum atomic E-state index is -0.681. The average Bonchev–Trinajstić information content (AvgIpc) is 1.37. The molecule has 0 heterocycles. The number of halogens is 2. The lowest BCUT2D eigenvalue weighted by Crippen LogP contribution is -1.70. The van der Waals surface area contributed by atoms with Crippen molar-refractivity contribution in [2.24, 2.45) is 0 Å². The maximum atomic E-state index is 10.5. The number of hydrogen-bond donors (Lipinski definition) is 0. The molecule has 0 N–H and O–H groups in total. The molecule has 0 aliphatic carbocycles. The van der Waals surface area contributed by atoms with Crippen molar-refractivity contribution < 1.29 is 13.8 Å². The topological polar surface area (TPSA) is 9.23 Å². The molecule has 0 amide bonds. The van der Waals surface area contributed by atoms with Crippen LogP contribution < -0.4 is 0 Å². The van der Waals surface area contributed by atoms with Crippen LogP contribution in [-0.4, -0.2) is 14.0 Å². The second kappa shape index (κ2) is 9.17. The predicted octanol–water partition coefficient (Wildman–Crippen LogP) is 0.712. The zero-order valence-corrected chi connectivity index (χ0v) is 2.90. The Kier molecular flexibility index (Phi) is 16.2. The van der Waals surface area contributed by atoms with Crippen molar-refractivity contribution in [1.29, 1.82) is 0 Å². The monoisotopic (exact) mass is 84.0 g/mol. The van der Waals surface area contributed by atoms with Gasteiger partial charge in [-0.15, -0.1) is 0 Å². The third kappa shape index (κ3) is 18.8. The van der Waals surface area contributed by atoms with Gasteiger partial charge < -0.3 is 4.74 Å². The van der Waals surface area contributed by atoms with E-state index in [1.807, 2.05) is 0 Å². The SMILES string of the molecule is COCF.F. The summed E-state index contributed by atoms with van der Waals surface area (Å²) in [6, 6.07) is 0. The maximum absolute atomic E-state index is 10.5. The lowest BCUT2D eigenvalue weighted by Gasteiger charge is -1.72. The first-order chi connectivity index (χ1) is 1.91. The smallest absolute Gasteiger partial charge is 0.187 e. The Bertz CT molecular complexity index is 9.61. The third-order valence-electron chi connectivity index (χ3n) is 0.109. The average molecular weight is 84.1 g/mol. The molecule has 0 atom stereocenters. The van der Waals surface area contributed by atoms with Crippen LogP contribution in [0.2, 0.25) is 0 Å². The molecule has 34 valence electrons. The molecule has 0 saturated carbocycles. The van der Waals surface area contributed by atoms with Gasteiger partial charge in [0.1, 0.15) is 0 Å². The van der Waals surface area contributed by atoms with Gasteiger partial charge in [0, 0.05) is 7.11 Å². The Balaban J connectivity index is 0. The highest BCUT2D eigenvalue weighted by Crippen LogP contribution is 1.58. The molecule has 3 heteroatoms. The predicted molar refractivity (Wildman–Crippen MR) is 15.5 cm³/mol. The van der Waals surface area contributed by atoms with Gasteiger partial charge in [-0.05, 0) is 0 Å². The molecule has 0 radical (unpaired) electrons. The van der Waals surface area contributed by atoms with E-state index in [0.717, 1.165) is 0 Å². The summed E-state index contributed by atoms with van der Waals surface area (Å²) in [7, 11) is 1.31. The lowest BCUT2D eigenvalue weighted by molar-refractivity contribution is 0.104. The molecule has 0 saturated heterocycles. The summed E-state index contributed by atoms with van der Waals surface area (Å²) in [4.78, 5) is 0. The van der Waals surface area contributed by atoms with Crippen molar-refractivity contribution in [2.45, 2.75) is 0 Å². The highest BCUT2D eigenvalue weighted by molar-refractivity contribution is 3.74. The molecule has 5 heavy (non-hydrogen) atoms. The van der Waals surface area contributed by atoms with E-state index in [2.05, 4.69) is 4.74 Å². The maximum Gasteiger partial charge on any atom is 0.187 e. The molecule has 0 aromatic carbocycles. The van der Waals surface area contributed by atoms with Crippen molar-refractivity contribution >= 4 is 0 Å². The van der Waals surface area contributed by atoms with Gasteiger partial charge in [0.25, 0.3) is 0 Å². The van der Waals surface area contributed by atoms with Gasteiger partial charge >= 0.3 is 0 Å². The molecule has 0 aromatic rings. The van der Waals surface area contributed by atoms with E-state index in [0.29, 0.717) is 0 Å². The molecule has 0 unspecified atom stereocenters. The van der Waals surface area contributed by atoms with Gasteiger partial charge in [-0.25, -0.2) is 4.39 Å². The molecule has 0 spiro atoms. The van der Waals surface area contributed by atoms with E-state index in [-0.39, 0.29) is 4.70 Å². The molecule has 1 nitrogen and oxygen atoms in total. The van der Waals surface area contributed by atoms with Crippen LogP contribution in [0, 0.1) is 0 Å². The fourth-order valence-corrected chi connectivity index (χ4v) is 0. The summed E-state index contributed by atoms with van der Waals surface area (Å²) >= 11 is 0. The van der Waals surface area contributed by atoms with Crippen molar-refractivity contribution in [3.05, 3.63) is 0 Å². The van der Waals surface area contributed by atoms with E-state index >= 15 is 0 Å². The summed E-state index contributed by atoms with van der Waals surface area (Å²) in [5, 5.41) is 0. The standard InChI is InChI=1S/C2H5FO.FH/c1-4-2-3;/h2H2,1H3;1H. The lowest BCUT2D eigenvalue weighted by atomic mass is 11.5. The third-order valence-corrected chi connectivity index (χ3v) is 0.109. The highest BCUT2D eigenvalue weighted by Gasteiger charge is 1.55. The first kappa shape index (κ1) is 8.84. The Morgan fingerprint density at radius 3 is 2.00 bits per heavy atom. The van der Waals surface area contributed by atoms with E-state index in [9.17, 15) is 4.39 Å². The first-order valence-corrected chi connectivity index (χ1v) is 0.964. The number of hydrogen-bond acceptors (Lipinski definition) is 1. The van der Waals surface area contributed by atoms with Gasteiger partial charge in [-0.1, -0.05) is 0 Å². The Morgan fingerprint density at radius 2 is 2.00 bits per heavy atom. The van der Waals surface area contributed by atoms with E-state index < -0.39 is 6.86 Å². The van der Waals surface area contributed by atoms with Crippen LogP contribution in [0.15, 0.2) is 0 Å². The second-order valence-electron chi connectivity index (χ2n) is 0.398. The van der Waals surface area contributed by atoms with E-state index in [1.54, 1.807) is 0 Å². The second-order valence-corrected chi connectivity index (χ2v) is 0.398. The van der Waals surface area contributed by atoms with Crippen molar-refractivity contribution in [3.63, 3.8) is 0 Å². The Morgan fingerprint density at radius 1 is 1.80 bits per heavy atom. The van der Waals surface area contributed by atoms with Crippen LogP contribution in [0.25, 0.3) is 0 Å². The van der Waals surface area contributed by atoms with Gasteiger partial charge in [-0.2, -0.15) is 0 Å². The van der Waals surface area contributed by atoms with Crippen LogP contribution in [0.5, 0.6) is 0 Å². The Labute approximate surface area is 29.1 Å². The van der Waals surface area contributed by atoms with Crippen LogP contribution in [0.4, 0.5) is 9.09 Å². The van der Waals surface area contributed by atoms with Crippen molar-refractivity contribution in [1.82, 2.24) is 0 Å². The molecular weight excluding hydrogens is 78.0 g/mol. The number of rotatable bonds is 1. The van der Waals surface area contributed by atoms with Gasteiger partial charge in [-0.3, -0.25) is 4.70 Å². The van der Waals surface area contributed by atoms with Crippen LogP contribution in [0.1, 0.15) is 0 Å². The molecular formula is C2H6F2O. The molecule has 0 aliphatic rings. The molecule has 0 aliphatic heterocycles. The number of methoxy groups -OCH3 is 1. The fraction of sp³-hybridized carbons (Fsp3) is 1.00. The molecule has 0 rings (SSSR count). The zero-order chi connectivity index (χ0) is 3.41. The van der Waals surface area contributed by atoms with Crippen LogP contribution in [0.3, 0.4) is 0 Å². The van der Waals surface area contributed by atoms with E-state index in [4.69, 9.17) is 0 Å². The summed E-state index contributed by atoms with van der Waals surface area (Å²) in [5.41, 5.74) is 0. The van der Waals surface area contributed by atoms with Gasteiger partial charge in [0.2, 0.25) is 0 Å². The van der Waals surface area contributed by atoms with Crippen LogP contribution >= 0.6 is 0 Å². The van der Waals surface area contributed by atoms with Crippen molar-refractivity contribution in [3.8, 4) is 0 Å². The molecule has 0 fully saturated rings. The summed E-state index contributed by atoms with van der Waals surface area (Å²) in [6.45, 7) is -0.681. The number of ether oxygens (including phenoxy) is 1. The number of alkyl halides is 1. The molecule has 0 aromatic heterocycles. The minimum Gasteiger partial charge on any atom is -0.354 e. The Hall–Kier alpha value is -0.180. The summed E-state index contributed by atoms with van der Waals surface area (Å²) < 4.78 is 14.4. The van der Waals surface area contributed by atoms with Crippen LogP contribution in [-0.2, 0) is 4.74 Å². The van der Waals surface area contributed by atoms with Crippen molar-refractivity contribution in [2.75, 3.05) is 14.0 Å². The summed E-state index contributed by atoms with van der Waals surface area (Å²) in [6.07, 6.45) is 0. The van der Waals surface area contributed by atoms with Gasteiger partial charge in [0.05, 0.1) is 0 Å². The zero-order valence-electron chi connectivity index (χ0n) is 2.90. The van der Waals surface area contributed by atoms with E-state index in [1.165, 1.54) is 7.11 Å². The molecule has 0 bridgehead atoms. The largest absolute Gasteiger partial charge is 0.354 e.